The fraction of sp³-hybridized carbons (Fsp3) is 0.455. The fourth-order valence-electron chi connectivity index (χ4n) is 4.01. The molecule has 1 unspecified atom stereocenters. The van der Waals surface area contributed by atoms with E-state index in [1.807, 2.05) is 37.4 Å². The standard InChI is InChI=1S/C22H28N6O3/c1-26-18(10-12-23-26)7-9-21(29)24-17-6-8-20-25-28(22(30)27(20)13-11-17)15-16-4-3-5-19(14-16)31-2/h3-5,10,12,14,17H,6-9,11,13,15H2,1-2H3,(H,24,29). The Morgan fingerprint density at radius 1 is 1.29 bits per heavy atom. The number of carbonyl (C=O) groups is 1. The summed E-state index contributed by atoms with van der Waals surface area (Å²) in [6, 6.07) is 9.62. The van der Waals surface area contributed by atoms with E-state index < -0.39 is 0 Å². The van der Waals surface area contributed by atoms with Gasteiger partial charge in [-0.05, 0) is 43.0 Å². The highest BCUT2D eigenvalue weighted by atomic mass is 16.5. The Balaban J connectivity index is 1.34. The van der Waals surface area contributed by atoms with Crippen LogP contribution in [0.3, 0.4) is 0 Å². The number of methoxy groups -OCH3 is 1. The topological polar surface area (TPSA) is 96.0 Å². The number of ether oxygens (including phenoxy) is 1. The molecule has 0 fully saturated rings. The van der Waals surface area contributed by atoms with E-state index in [2.05, 4.69) is 15.5 Å². The molecule has 1 aromatic carbocycles. The predicted octanol–water partition coefficient (Wildman–Crippen LogP) is 1.29. The van der Waals surface area contributed by atoms with Crippen molar-refractivity contribution in [2.45, 2.75) is 51.2 Å². The van der Waals surface area contributed by atoms with Crippen LogP contribution < -0.4 is 15.7 Å². The summed E-state index contributed by atoms with van der Waals surface area (Å²) >= 11 is 0. The van der Waals surface area contributed by atoms with Crippen molar-refractivity contribution in [3.63, 3.8) is 0 Å². The van der Waals surface area contributed by atoms with Crippen molar-refractivity contribution in [2.24, 2.45) is 7.05 Å². The van der Waals surface area contributed by atoms with Crippen molar-refractivity contribution >= 4 is 5.91 Å². The number of hydrogen-bond donors (Lipinski definition) is 1. The Morgan fingerprint density at radius 2 is 2.16 bits per heavy atom. The highest BCUT2D eigenvalue weighted by Gasteiger charge is 2.22. The Hall–Kier alpha value is -3.36. The molecule has 1 N–H and O–H groups in total. The predicted molar refractivity (Wildman–Crippen MR) is 115 cm³/mol. The molecule has 4 rings (SSSR count). The Morgan fingerprint density at radius 3 is 2.94 bits per heavy atom. The molecule has 9 nitrogen and oxygen atoms in total. The number of amides is 1. The molecular weight excluding hydrogens is 396 g/mol. The number of aromatic nitrogens is 5. The second-order valence-electron chi connectivity index (χ2n) is 7.90. The highest BCUT2D eigenvalue weighted by molar-refractivity contribution is 5.76. The summed E-state index contributed by atoms with van der Waals surface area (Å²) in [5.41, 5.74) is 1.89. The average Bonchev–Trinajstić information content (AvgIpc) is 3.24. The molecule has 2 aromatic heterocycles. The quantitative estimate of drug-likeness (QED) is 0.617. The number of hydrogen-bond acceptors (Lipinski definition) is 5. The SMILES string of the molecule is COc1cccc(Cn2nc3n(c2=O)CCC(NC(=O)CCc2ccnn2C)CC3)c1. The van der Waals surface area contributed by atoms with Gasteiger partial charge < -0.3 is 10.1 Å². The largest absolute Gasteiger partial charge is 0.497 e. The number of benzene rings is 1. The van der Waals surface area contributed by atoms with Gasteiger partial charge in [0.25, 0.3) is 0 Å². The van der Waals surface area contributed by atoms with Gasteiger partial charge in [-0.1, -0.05) is 12.1 Å². The van der Waals surface area contributed by atoms with Gasteiger partial charge in [-0.25, -0.2) is 9.48 Å². The lowest BCUT2D eigenvalue weighted by molar-refractivity contribution is -0.121. The van der Waals surface area contributed by atoms with E-state index >= 15 is 0 Å². The smallest absolute Gasteiger partial charge is 0.346 e. The molecule has 1 amide bonds. The van der Waals surface area contributed by atoms with Gasteiger partial charge in [-0.3, -0.25) is 14.0 Å². The summed E-state index contributed by atoms with van der Waals surface area (Å²) in [6.07, 6.45) is 4.97. The third-order valence-corrected chi connectivity index (χ3v) is 5.78. The van der Waals surface area contributed by atoms with Crippen LogP contribution >= 0.6 is 0 Å². The fourth-order valence-corrected chi connectivity index (χ4v) is 4.01. The lowest BCUT2D eigenvalue weighted by Crippen LogP contribution is -2.36. The van der Waals surface area contributed by atoms with Crippen LogP contribution in [0.5, 0.6) is 5.75 Å². The first-order chi connectivity index (χ1) is 15.0. The van der Waals surface area contributed by atoms with Crippen LogP contribution in [0, 0.1) is 0 Å². The van der Waals surface area contributed by atoms with Crippen LogP contribution in [0.15, 0.2) is 41.3 Å². The van der Waals surface area contributed by atoms with E-state index in [4.69, 9.17) is 4.74 Å². The zero-order valence-electron chi connectivity index (χ0n) is 18.0. The first kappa shape index (κ1) is 20.9. The Bertz CT molecular complexity index is 1110. The van der Waals surface area contributed by atoms with Crippen molar-refractivity contribution in [2.75, 3.05) is 7.11 Å². The van der Waals surface area contributed by atoms with Gasteiger partial charge in [-0.15, -0.1) is 0 Å². The first-order valence-corrected chi connectivity index (χ1v) is 10.6. The molecule has 31 heavy (non-hydrogen) atoms. The lowest BCUT2D eigenvalue weighted by atomic mass is 10.1. The van der Waals surface area contributed by atoms with E-state index in [0.29, 0.717) is 32.4 Å². The zero-order valence-corrected chi connectivity index (χ0v) is 18.0. The third kappa shape index (κ3) is 4.87. The summed E-state index contributed by atoms with van der Waals surface area (Å²) in [5.74, 6) is 1.56. The molecule has 1 aliphatic rings. The van der Waals surface area contributed by atoms with Gasteiger partial charge in [0.1, 0.15) is 11.6 Å². The number of aryl methyl sites for hydroxylation is 3. The molecule has 1 aliphatic heterocycles. The van der Waals surface area contributed by atoms with Crippen LogP contribution in [-0.2, 0) is 37.8 Å². The minimum Gasteiger partial charge on any atom is -0.497 e. The van der Waals surface area contributed by atoms with Crippen molar-refractivity contribution in [1.29, 1.82) is 0 Å². The molecule has 1 atom stereocenters. The van der Waals surface area contributed by atoms with Crippen LogP contribution in [0.25, 0.3) is 0 Å². The average molecular weight is 425 g/mol. The number of fused-ring (bicyclic) bond motifs is 1. The Kier molecular flexibility index (Phi) is 6.20. The number of nitrogens with one attached hydrogen (secondary N) is 1. The van der Waals surface area contributed by atoms with Gasteiger partial charge in [0.15, 0.2) is 0 Å². The van der Waals surface area contributed by atoms with E-state index in [-0.39, 0.29) is 17.6 Å². The van der Waals surface area contributed by atoms with Crippen LogP contribution in [0.1, 0.15) is 36.3 Å². The molecule has 0 spiro atoms. The summed E-state index contributed by atoms with van der Waals surface area (Å²) in [5, 5.41) is 11.8. The molecule has 0 bridgehead atoms. The van der Waals surface area contributed by atoms with Crippen LogP contribution in [0.2, 0.25) is 0 Å². The lowest BCUT2D eigenvalue weighted by Gasteiger charge is -2.16. The maximum atomic E-state index is 12.9. The van der Waals surface area contributed by atoms with Gasteiger partial charge >= 0.3 is 5.69 Å². The second kappa shape index (κ2) is 9.20. The summed E-state index contributed by atoms with van der Waals surface area (Å²) < 4.78 is 10.3. The Labute approximate surface area is 180 Å². The molecule has 0 aliphatic carbocycles. The number of nitrogens with zero attached hydrogens (tertiary/aromatic N) is 5. The monoisotopic (exact) mass is 424 g/mol. The normalized spacial score (nSPS) is 15.9. The van der Waals surface area contributed by atoms with Crippen LogP contribution in [-0.4, -0.2) is 43.2 Å². The maximum Gasteiger partial charge on any atom is 0.346 e. The van der Waals surface area contributed by atoms with E-state index in [1.165, 1.54) is 4.68 Å². The molecule has 3 aromatic rings. The molecule has 0 saturated carbocycles. The second-order valence-corrected chi connectivity index (χ2v) is 7.90. The van der Waals surface area contributed by atoms with Gasteiger partial charge in [0.2, 0.25) is 5.91 Å². The van der Waals surface area contributed by atoms with E-state index in [9.17, 15) is 9.59 Å². The molecule has 9 heteroatoms. The van der Waals surface area contributed by atoms with Crippen molar-refractivity contribution < 1.29 is 9.53 Å². The molecule has 164 valence electrons. The van der Waals surface area contributed by atoms with E-state index in [0.717, 1.165) is 35.7 Å². The summed E-state index contributed by atoms with van der Waals surface area (Å²) in [6.45, 7) is 0.961. The van der Waals surface area contributed by atoms with Gasteiger partial charge in [-0.2, -0.15) is 10.2 Å². The van der Waals surface area contributed by atoms with Gasteiger partial charge in [0, 0.05) is 44.4 Å². The molecule has 3 heterocycles. The van der Waals surface area contributed by atoms with Crippen molar-refractivity contribution in [1.82, 2.24) is 29.4 Å². The number of carbonyl (C=O) groups excluding carboxylic acids is 1. The third-order valence-electron chi connectivity index (χ3n) is 5.78. The molecule has 0 radical (unpaired) electrons. The summed E-state index contributed by atoms with van der Waals surface area (Å²) in [7, 11) is 3.50. The minimum atomic E-state index is -0.110. The molecular formula is C22H28N6O3. The number of rotatable bonds is 7. The maximum absolute atomic E-state index is 12.9. The van der Waals surface area contributed by atoms with Crippen LogP contribution in [0.4, 0.5) is 0 Å². The van der Waals surface area contributed by atoms with E-state index in [1.54, 1.807) is 22.6 Å². The van der Waals surface area contributed by atoms with Crippen molar-refractivity contribution in [3.05, 3.63) is 64.1 Å². The van der Waals surface area contributed by atoms with Gasteiger partial charge in [0.05, 0.1) is 13.7 Å². The first-order valence-electron chi connectivity index (χ1n) is 10.6. The zero-order chi connectivity index (χ0) is 21.8. The molecule has 0 saturated heterocycles. The summed E-state index contributed by atoms with van der Waals surface area (Å²) in [4.78, 5) is 25.2. The highest BCUT2D eigenvalue weighted by Crippen LogP contribution is 2.15. The minimum absolute atomic E-state index is 0.0289. The van der Waals surface area contributed by atoms with Crippen molar-refractivity contribution in [3.8, 4) is 5.75 Å².